The van der Waals surface area contributed by atoms with Crippen molar-refractivity contribution in [1.29, 1.82) is 0 Å². The molecule has 0 saturated carbocycles. The quantitative estimate of drug-likeness (QED) is 0.329. The molecule has 9 heteroatoms. The molecule has 0 radical (unpaired) electrons. The Morgan fingerprint density at radius 1 is 1.07 bits per heavy atom. The first kappa shape index (κ1) is 22.2. The molecule has 1 aliphatic heterocycles. The number of benzene rings is 2. The van der Waals surface area contributed by atoms with Gasteiger partial charge in [-0.1, -0.05) is 23.4 Å². The topological polar surface area (TPSA) is 80.3 Å². The van der Waals surface area contributed by atoms with Gasteiger partial charge in [0.05, 0.1) is 4.90 Å². The first-order valence-corrected chi connectivity index (χ1v) is 12.3. The largest absolute Gasteiger partial charge is 0.287 e. The molecule has 0 aliphatic carbocycles. The van der Waals surface area contributed by atoms with Crippen LogP contribution in [-0.4, -0.2) is 23.6 Å². The highest BCUT2D eigenvalue weighted by atomic mass is 127. The number of hydrogen-bond acceptors (Lipinski definition) is 5. The Morgan fingerprint density at radius 3 is 2.31 bits per heavy atom. The van der Waals surface area contributed by atoms with Crippen LogP contribution in [0, 0.1) is 15.4 Å². The molecule has 1 atom stereocenters. The molecule has 1 fully saturated rings. The van der Waals surface area contributed by atoms with E-state index in [0.717, 1.165) is 9.13 Å². The summed E-state index contributed by atoms with van der Waals surface area (Å²) in [5, 5.41) is 2.08. The molecule has 1 saturated heterocycles. The Kier molecular flexibility index (Phi) is 6.94. The van der Waals surface area contributed by atoms with Gasteiger partial charge in [0, 0.05) is 20.6 Å². The summed E-state index contributed by atoms with van der Waals surface area (Å²) in [6.07, 6.45) is 0.714. The highest BCUT2D eigenvalue weighted by Gasteiger charge is 2.57. The van der Waals surface area contributed by atoms with Crippen LogP contribution in [-0.2, 0) is 14.6 Å². The molecule has 5 nitrogen and oxygen atoms in total. The lowest BCUT2D eigenvalue weighted by molar-refractivity contribution is -0.120. The van der Waals surface area contributed by atoms with Crippen molar-refractivity contribution in [3.63, 3.8) is 0 Å². The zero-order valence-electron chi connectivity index (χ0n) is 14.9. The number of carbonyl (C=O) groups is 2. The summed E-state index contributed by atoms with van der Waals surface area (Å²) < 4.78 is 25.5. The molecular formula is C20H15ClINO4S2. The van der Waals surface area contributed by atoms with Crippen LogP contribution in [0.5, 0.6) is 0 Å². The van der Waals surface area contributed by atoms with Gasteiger partial charge in [-0.3, -0.25) is 14.9 Å². The normalized spacial score (nSPS) is 18.8. The minimum Gasteiger partial charge on any atom is -0.285 e. The van der Waals surface area contributed by atoms with Gasteiger partial charge in [-0.2, -0.15) is 0 Å². The number of nitrogens with one attached hydrogen (secondary N) is 1. The second kappa shape index (κ2) is 9.08. The summed E-state index contributed by atoms with van der Waals surface area (Å²) in [5.41, 5.74) is 0.791. The molecule has 1 unspecified atom stereocenters. The van der Waals surface area contributed by atoms with E-state index >= 15 is 0 Å². The second-order valence-electron chi connectivity index (χ2n) is 6.22. The van der Waals surface area contributed by atoms with Crippen molar-refractivity contribution in [2.75, 3.05) is 0 Å². The predicted octanol–water partition coefficient (Wildman–Crippen LogP) is 4.62. The summed E-state index contributed by atoms with van der Waals surface area (Å²) in [6.45, 7) is 0. The van der Waals surface area contributed by atoms with E-state index in [2.05, 4.69) is 39.7 Å². The standard InChI is InChI=1S/C20H15ClINO4S2/c21-15-7-5-14(6-8-15)4-2-1-3-13-20(18(24)23-19(25)28-20)29(26,27)17-11-9-16(22)10-12-17/h5-12H,1,3,13H2,(H,23,24,25). The summed E-state index contributed by atoms with van der Waals surface area (Å²) >= 11 is 8.43. The van der Waals surface area contributed by atoms with Crippen molar-refractivity contribution in [3.8, 4) is 11.8 Å². The minimum absolute atomic E-state index is 0.0150. The molecule has 2 aromatic rings. The number of halogens is 2. The van der Waals surface area contributed by atoms with Gasteiger partial charge < -0.3 is 0 Å². The van der Waals surface area contributed by atoms with Gasteiger partial charge >= 0.3 is 0 Å². The maximum atomic E-state index is 13.3. The summed E-state index contributed by atoms with van der Waals surface area (Å²) in [4.78, 5) is 24.4. The highest BCUT2D eigenvalue weighted by molar-refractivity contribution is 14.1. The number of carbonyl (C=O) groups excluding carboxylic acids is 2. The molecule has 0 bridgehead atoms. The van der Waals surface area contributed by atoms with E-state index in [1.165, 1.54) is 12.1 Å². The van der Waals surface area contributed by atoms with E-state index in [9.17, 15) is 18.0 Å². The van der Waals surface area contributed by atoms with Crippen LogP contribution in [0.1, 0.15) is 24.8 Å². The highest BCUT2D eigenvalue weighted by Crippen LogP contribution is 2.44. The lowest BCUT2D eigenvalue weighted by atomic mass is 10.1. The average Bonchev–Trinajstić information content (AvgIpc) is 2.98. The Labute approximate surface area is 192 Å². The van der Waals surface area contributed by atoms with Gasteiger partial charge in [-0.25, -0.2) is 8.42 Å². The first-order chi connectivity index (χ1) is 13.7. The third-order valence-corrected chi connectivity index (χ3v) is 9.30. The van der Waals surface area contributed by atoms with Crippen LogP contribution >= 0.6 is 46.0 Å². The number of amides is 2. The third-order valence-electron chi connectivity index (χ3n) is 4.26. The summed E-state index contributed by atoms with van der Waals surface area (Å²) in [5.74, 6) is 5.15. The van der Waals surface area contributed by atoms with Crippen molar-refractivity contribution < 1.29 is 18.0 Å². The van der Waals surface area contributed by atoms with E-state index in [4.69, 9.17) is 11.6 Å². The van der Waals surface area contributed by atoms with E-state index in [-0.39, 0.29) is 11.3 Å². The molecule has 2 aromatic carbocycles. The fraction of sp³-hybridized carbons (Fsp3) is 0.200. The van der Waals surface area contributed by atoms with Gasteiger partial charge in [-0.05, 0) is 95.7 Å². The van der Waals surface area contributed by atoms with E-state index in [0.29, 0.717) is 29.6 Å². The first-order valence-electron chi connectivity index (χ1n) is 8.54. The molecule has 1 N–H and O–H groups in total. The Morgan fingerprint density at radius 2 is 1.72 bits per heavy atom. The Balaban J connectivity index is 1.79. The fourth-order valence-electron chi connectivity index (χ4n) is 2.80. The van der Waals surface area contributed by atoms with Gasteiger partial charge in [0.15, 0.2) is 0 Å². The van der Waals surface area contributed by atoms with Crippen LogP contribution < -0.4 is 5.32 Å². The van der Waals surface area contributed by atoms with Crippen LogP contribution in [0.2, 0.25) is 5.02 Å². The van der Waals surface area contributed by atoms with Crippen LogP contribution in [0.15, 0.2) is 53.4 Å². The fourth-order valence-corrected chi connectivity index (χ4v) is 6.65. The third kappa shape index (κ3) is 4.79. The van der Waals surface area contributed by atoms with Gasteiger partial charge in [0.2, 0.25) is 13.9 Å². The number of rotatable bonds is 5. The Hall–Kier alpha value is -1.54. The van der Waals surface area contributed by atoms with Crippen molar-refractivity contribution >= 4 is 66.9 Å². The zero-order valence-corrected chi connectivity index (χ0v) is 19.5. The minimum atomic E-state index is -4.08. The second-order valence-corrected chi connectivity index (χ2v) is 11.6. The van der Waals surface area contributed by atoms with Crippen molar-refractivity contribution in [3.05, 3.63) is 62.7 Å². The van der Waals surface area contributed by atoms with Crippen LogP contribution in [0.25, 0.3) is 0 Å². The number of unbranched alkanes of at least 4 members (excludes halogenated alkanes) is 1. The van der Waals surface area contributed by atoms with Gasteiger partial charge in [0.25, 0.3) is 11.1 Å². The molecule has 1 heterocycles. The van der Waals surface area contributed by atoms with Crippen LogP contribution in [0.3, 0.4) is 0 Å². The Bertz CT molecular complexity index is 1110. The monoisotopic (exact) mass is 559 g/mol. The maximum Gasteiger partial charge on any atom is 0.287 e. The van der Waals surface area contributed by atoms with Crippen LogP contribution in [0.4, 0.5) is 4.79 Å². The molecule has 1 aliphatic rings. The molecule has 150 valence electrons. The van der Waals surface area contributed by atoms with Crippen molar-refractivity contribution in [2.24, 2.45) is 0 Å². The maximum absolute atomic E-state index is 13.3. The number of hydrogen-bond donors (Lipinski definition) is 1. The SMILES string of the molecule is O=C1NC(=O)C(CCCC#Cc2ccc(Cl)cc2)(S(=O)(=O)c2ccc(I)cc2)S1. The molecule has 0 aromatic heterocycles. The molecular weight excluding hydrogens is 545 g/mol. The van der Waals surface area contributed by atoms with Gasteiger partial charge in [0.1, 0.15) is 0 Å². The average molecular weight is 560 g/mol. The lowest BCUT2D eigenvalue weighted by Gasteiger charge is -2.24. The number of sulfone groups is 1. The molecule has 29 heavy (non-hydrogen) atoms. The molecule has 2 amide bonds. The smallest absolute Gasteiger partial charge is 0.285 e. The van der Waals surface area contributed by atoms with E-state index in [1.807, 2.05) is 0 Å². The predicted molar refractivity (Wildman–Crippen MR) is 122 cm³/mol. The number of thioether (sulfide) groups is 1. The van der Waals surface area contributed by atoms with Crippen molar-refractivity contribution in [2.45, 2.75) is 28.2 Å². The van der Waals surface area contributed by atoms with E-state index < -0.39 is 25.1 Å². The summed E-state index contributed by atoms with van der Waals surface area (Å²) in [7, 11) is -4.08. The lowest BCUT2D eigenvalue weighted by Crippen LogP contribution is -2.43. The van der Waals surface area contributed by atoms with Crippen molar-refractivity contribution in [1.82, 2.24) is 5.32 Å². The van der Waals surface area contributed by atoms with E-state index in [1.54, 1.807) is 36.4 Å². The van der Waals surface area contributed by atoms with Gasteiger partial charge in [-0.15, -0.1) is 0 Å². The zero-order chi connectivity index (χ0) is 21.1. The molecule has 3 rings (SSSR count). The molecule has 0 spiro atoms. The summed E-state index contributed by atoms with van der Waals surface area (Å²) in [6, 6.07) is 13.3. The number of imide groups is 1.